The van der Waals surface area contributed by atoms with Gasteiger partial charge in [-0.15, -0.1) is 0 Å². The maximum Gasteiger partial charge on any atom is 0.174 e. The molecule has 0 atom stereocenters. The Hall–Kier alpha value is -3.24. The summed E-state index contributed by atoms with van der Waals surface area (Å²) in [5.41, 5.74) is 2.72. The fourth-order valence-electron chi connectivity index (χ4n) is 2.78. The van der Waals surface area contributed by atoms with Gasteiger partial charge in [-0.25, -0.2) is 4.98 Å². The van der Waals surface area contributed by atoms with Crippen LogP contribution in [-0.2, 0) is 0 Å². The number of imidazole rings is 1. The van der Waals surface area contributed by atoms with E-state index >= 15 is 0 Å². The molecule has 134 valence electrons. The van der Waals surface area contributed by atoms with Gasteiger partial charge in [0.15, 0.2) is 23.1 Å². The van der Waals surface area contributed by atoms with E-state index in [0.717, 1.165) is 16.6 Å². The molecule has 0 radical (unpaired) electrons. The lowest BCUT2D eigenvalue weighted by Gasteiger charge is -2.12. The lowest BCUT2D eigenvalue weighted by Crippen LogP contribution is -1.99. The van der Waals surface area contributed by atoms with E-state index in [4.69, 9.17) is 21.1 Å². The number of nitrogens with zero attached hydrogens (tertiary/aromatic N) is 1. The molecule has 1 heterocycles. The van der Waals surface area contributed by atoms with Crippen LogP contribution >= 0.6 is 11.6 Å². The third-order valence-corrected chi connectivity index (χ3v) is 4.29. The number of H-pyrrole nitrogens is 1. The minimum absolute atomic E-state index is 0.568. The summed E-state index contributed by atoms with van der Waals surface area (Å²) in [7, 11) is 1.61. The van der Waals surface area contributed by atoms with Crippen molar-refractivity contribution in [3.63, 3.8) is 0 Å². The number of rotatable bonds is 5. The molecule has 0 fully saturated rings. The summed E-state index contributed by atoms with van der Waals surface area (Å²) < 4.78 is 11.6. The quantitative estimate of drug-likeness (QED) is 0.447. The second-order valence-electron chi connectivity index (χ2n) is 5.92. The van der Waals surface area contributed by atoms with Gasteiger partial charge in [-0.05, 0) is 48.0 Å². The summed E-state index contributed by atoms with van der Waals surface area (Å²) in [6.45, 7) is 0. The van der Waals surface area contributed by atoms with Gasteiger partial charge in [0.1, 0.15) is 0 Å². The number of hydrogen-bond acceptors (Lipinski definition) is 3. The van der Waals surface area contributed by atoms with Gasteiger partial charge in [-0.2, -0.15) is 0 Å². The van der Waals surface area contributed by atoms with Crippen molar-refractivity contribution in [2.24, 2.45) is 0 Å². The monoisotopic (exact) mass is 376 g/mol. The molecule has 4 aromatic rings. The SMILES string of the molecule is COc1ccccc1O/C(=C/c1cccc(Cl)c1)c1nc2ccccc2[nH]1. The third kappa shape index (κ3) is 3.81. The Morgan fingerprint density at radius 2 is 1.74 bits per heavy atom. The molecule has 27 heavy (non-hydrogen) atoms. The topological polar surface area (TPSA) is 47.1 Å². The number of aromatic amines is 1. The summed E-state index contributed by atoms with van der Waals surface area (Å²) in [6.07, 6.45) is 1.90. The molecule has 4 rings (SSSR count). The smallest absolute Gasteiger partial charge is 0.174 e. The van der Waals surface area contributed by atoms with Crippen LogP contribution < -0.4 is 9.47 Å². The summed E-state index contributed by atoms with van der Waals surface area (Å²) >= 11 is 6.13. The number of nitrogens with one attached hydrogen (secondary N) is 1. The summed E-state index contributed by atoms with van der Waals surface area (Å²) in [5.74, 6) is 2.44. The molecular weight excluding hydrogens is 360 g/mol. The van der Waals surface area contributed by atoms with Crippen molar-refractivity contribution < 1.29 is 9.47 Å². The maximum absolute atomic E-state index is 6.20. The largest absolute Gasteiger partial charge is 0.493 e. The fraction of sp³-hybridized carbons (Fsp3) is 0.0455. The van der Waals surface area contributed by atoms with E-state index in [0.29, 0.717) is 28.1 Å². The van der Waals surface area contributed by atoms with Gasteiger partial charge < -0.3 is 14.5 Å². The first-order valence-electron chi connectivity index (χ1n) is 8.46. The number of aromatic nitrogens is 2. The molecule has 0 aliphatic rings. The normalized spacial score (nSPS) is 11.6. The van der Waals surface area contributed by atoms with E-state index in [1.807, 2.05) is 78.9 Å². The van der Waals surface area contributed by atoms with Crippen LogP contribution in [0.1, 0.15) is 11.4 Å². The predicted octanol–water partition coefficient (Wildman–Crippen LogP) is 5.80. The number of methoxy groups -OCH3 is 1. The van der Waals surface area contributed by atoms with Crippen molar-refractivity contribution in [2.75, 3.05) is 7.11 Å². The Morgan fingerprint density at radius 1 is 0.963 bits per heavy atom. The van der Waals surface area contributed by atoms with Gasteiger partial charge in [0.2, 0.25) is 0 Å². The van der Waals surface area contributed by atoms with Crippen LogP contribution in [0.15, 0.2) is 72.8 Å². The minimum atomic E-state index is 0.568. The van der Waals surface area contributed by atoms with Crippen LogP contribution in [0.4, 0.5) is 0 Å². The van der Waals surface area contributed by atoms with Crippen LogP contribution in [0.25, 0.3) is 22.9 Å². The molecule has 3 aromatic carbocycles. The van der Waals surface area contributed by atoms with Crippen LogP contribution in [0.3, 0.4) is 0 Å². The molecular formula is C22H17ClN2O2. The highest BCUT2D eigenvalue weighted by atomic mass is 35.5. The van der Waals surface area contributed by atoms with Gasteiger partial charge in [-0.3, -0.25) is 0 Å². The summed E-state index contributed by atoms with van der Waals surface area (Å²) in [5, 5.41) is 0.657. The highest BCUT2D eigenvalue weighted by Crippen LogP contribution is 2.31. The Bertz CT molecular complexity index is 1080. The van der Waals surface area contributed by atoms with E-state index in [1.54, 1.807) is 7.11 Å². The third-order valence-electron chi connectivity index (χ3n) is 4.06. The van der Waals surface area contributed by atoms with E-state index in [1.165, 1.54) is 0 Å². The van der Waals surface area contributed by atoms with Crippen LogP contribution in [0, 0.1) is 0 Å². The first-order chi connectivity index (χ1) is 13.2. The average molecular weight is 377 g/mol. The van der Waals surface area contributed by atoms with Crippen LogP contribution in [-0.4, -0.2) is 17.1 Å². The van der Waals surface area contributed by atoms with E-state index < -0.39 is 0 Å². The van der Waals surface area contributed by atoms with Crippen LogP contribution in [0.2, 0.25) is 5.02 Å². The second kappa shape index (κ2) is 7.56. The maximum atomic E-state index is 6.20. The molecule has 0 bridgehead atoms. The summed E-state index contributed by atoms with van der Waals surface area (Å²) in [6, 6.07) is 22.9. The number of halogens is 1. The Balaban J connectivity index is 1.81. The number of para-hydroxylation sites is 4. The van der Waals surface area contributed by atoms with Crippen molar-refractivity contribution >= 4 is 34.5 Å². The van der Waals surface area contributed by atoms with Crippen molar-refractivity contribution in [3.8, 4) is 11.5 Å². The molecule has 5 heteroatoms. The van der Waals surface area contributed by atoms with Crippen molar-refractivity contribution in [3.05, 3.63) is 89.2 Å². The molecule has 0 unspecified atom stereocenters. The van der Waals surface area contributed by atoms with Gasteiger partial charge >= 0.3 is 0 Å². The highest BCUT2D eigenvalue weighted by molar-refractivity contribution is 6.30. The van der Waals surface area contributed by atoms with Gasteiger partial charge in [0, 0.05) is 5.02 Å². The molecule has 0 saturated carbocycles. The van der Waals surface area contributed by atoms with Crippen molar-refractivity contribution in [1.82, 2.24) is 9.97 Å². The lowest BCUT2D eigenvalue weighted by atomic mass is 10.2. The van der Waals surface area contributed by atoms with E-state index in [2.05, 4.69) is 9.97 Å². The van der Waals surface area contributed by atoms with Crippen molar-refractivity contribution in [2.45, 2.75) is 0 Å². The summed E-state index contributed by atoms with van der Waals surface area (Å²) in [4.78, 5) is 7.97. The highest BCUT2D eigenvalue weighted by Gasteiger charge is 2.13. The predicted molar refractivity (Wildman–Crippen MR) is 109 cm³/mol. The molecule has 0 aliphatic carbocycles. The zero-order valence-electron chi connectivity index (χ0n) is 14.6. The van der Waals surface area contributed by atoms with Crippen molar-refractivity contribution in [1.29, 1.82) is 0 Å². The standard InChI is InChI=1S/C22H17ClN2O2/c1-26-19-11-4-5-12-20(19)27-21(14-15-7-6-8-16(23)13-15)22-24-17-9-2-3-10-18(17)25-22/h2-14H,1H3,(H,24,25)/b21-14+. The number of benzene rings is 3. The van der Waals surface area contributed by atoms with E-state index in [-0.39, 0.29) is 0 Å². The number of ether oxygens (including phenoxy) is 2. The first-order valence-corrected chi connectivity index (χ1v) is 8.84. The lowest BCUT2D eigenvalue weighted by molar-refractivity contribution is 0.385. The Morgan fingerprint density at radius 3 is 2.52 bits per heavy atom. The first kappa shape index (κ1) is 17.2. The number of fused-ring (bicyclic) bond motifs is 1. The molecule has 0 amide bonds. The molecule has 1 N–H and O–H groups in total. The molecule has 1 aromatic heterocycles. The van der Waals surface area contributed by atoms with E-state index in [9.17, 15) is 0 Å². The van der Waals surface area contributed by atoms with Gasteiger partial charge in [0.05, 0.1) is 18.1 Å². The second-order valence-corrected chi connectivity index (χ2v) is 6.36. The zero-order chi connectivity index (χ0) is 18.6. The Kier molecular flexibility index (Phi) is 4.81. The zero-order valence-corrected chi connectivity index (χ0v) is 15.4. The van der Waals surface area contributed by atoms with Gasteiger partial charge in [-0.1, -0.05) is 48.0 Å². The Labute approximate surface area is 162 Å². The van der Waals surface area contributed by atoms with Crippen LogP contribution in [0.5, 0.6) is 11.5 Å². The number of hydrogen-bond donors (Lipinski definition) is 1. The molecule has 0 saturated heterocycles. The average Bonchev–Trinajstić information content (AvgIpc) is 3.12. The minimum Gasteiger partial charge on any atom is -0.493 e. The molecule has 0 aliphatic heterocycles. The molecule has 0 spiro atoms. The molecule has 4 nitrogen and oxygen atoms in total. The van der Waals surface area contributed by atoms with Gasteiger partial charge in [0.25, 0.3) is 0 Å². The fourth-order valence-corrected chi connectivity index (χ4v) is 2.98.